The Morgan fingerprint density at radius 2 is 1.22 bits per heavy atom. The molecular formula is C19H6F12N2O2Zn. The summed E-state index contributed by atoms with van der Waals surface area (Å²) in [6.45, 7) is 0.812. The topological polar surface area (TPSA) is 55.1 Å². The molecule has 0 radical (unpaired) electrons. The van der Waals surface area contributed by atoms with Crippen molar-refractivity contribution in [2.75, 3.05) is 0 Å². The molecule has 17 heteroatoms. The standard InChI is InChI=1S/C19H6F12N2O2.Zn/c1-4-8(16(34)5-2-6(20)9(7(21)3-5)18(26,27)28)17(35)33(32-4)15-13(24)11(22)10(19(29,30)31)12(23)14(15)25;/h2-3,35H,1H3;. The van der Waals surface area contributed by atoms with Gasteiger partial charge >= 0.3 is 12.4 Å². The molecule has 190 valence electrons. The molecule has 0 fully saturated rings. The van der Waals surface area contributed by atoms with Crippen molar-refractivity contribution >= 4 is 5.78 Å². The third-order valence-corrected chi connectivity index (χ3v) is 4.59. The van der Waals surface area contributed by atoms with Gasteiger partial charge in [0.15, 0.2) is 23.3 Å². The van der Waals surface area contributed by atoms with E-state index in [9.17, 15) is 62.6 Å². The van der Waals surface area contributed by atoms with Gasteiger partial charge in [0.1, 0.15) is 34.0 Å². The summed E-state index contributed by atoms with van der Waals surface area (Å²) in [6, 6.07) is -0.161. The number of aryl methyl sites for hydroxylation is 1. The molecule has 0 saturated heterocycles. The van der Waals surface area contributed by atoms with Crippen LogP contribution in [0.5, 0.6) is 5.88 Å². The number of alkyl halides is 6. The van der Waals surface area contributed by atoms with Crippen LogP contribution in [0.3, 0.4) is 0 Å². The van der Waals surface area contributed by atoms with Crippen LogP contribution in [0.4, 0.5) is 52.7 Å². The minimum absolute atomic E-state index is 0. The first-order valence-electron chi connectivity index (χ1n) is 8.72. The van der Waals surface area contributed by atoms with Crippen LogP contribution < -0.4 is 0 Å². The number of carbonyl (C=O) groups is 1. The van der Waals surface area contributed by atoms with E-state index in [0.29, 0.717) is 0 Å². The maximum absolute atomic E-state index is 14.3. The number of benzene rings is 2. The summed E-state index contributed by atoms with van der Waals surface area (Å²) in [4.78, 5) is 12.6. The second-order valence-corrected chi connectivity index (χ2v) is 6.81. The first kappa shape index (κ1) is 29.1. The first-order chi connectivity index (χ1) is 15.9. The minimum atomic E-state index is -5.88. The maximum atomic E-state index is 14.3. The van der Waals surface area contributed by atoms with Crippen LogP contribution in [0, 0.1) is 41.8 Å². The average Bonchev–Trinajstić information content (AvgIpc) is 2.97. The zero-order chi connectivity index (χ0) is 26.8. The summed E-state index contributed by atoms with van der Waals surface area (Å²) in [5, 5.41) is 13.4. The summed E-state index contributed by atoms with van der Waals surface area (Å²) in [5.41, 5.74) is -10.4. The van der Waals surface area contributed by atoms with E-state index in [1.54, 1.807) is 0 Å². The van der Waals surface area contributed by atoms with Gasteiger partial charge in [-0.15, -0.1) is 0 Å². The molecule has 36 heavy (non-hydrogen) atoms. The van der Waals surface area contributed by atoms with Gasteiger partial charge in [-0.3, -0.25) is 4.79 Å². The van der Waals surface area contributed by atoms with Crippen molar-refractivity contribution in [1.82, 2.24) is 9.78 Å². The van der Waals surface area contributed by atoms with Crippen LogP contribution in [0.15, 0.2) is 12.1 Å². The van der Waals surface area contributed by atoms with Gasteiger partial charge in [-0.05, 0) is 19.1 Å². The van der Waals surface area contributed by atoms with E-state index in [-0.39, 0.29) is 31.6 Å². The van der Waals surface area contributed by atoms with Gasteiger partial charge in [0, 0.05) is 25.0 Å². The molecule has 0 spiro atoms. The van der Waals surface area contributed by atoms with Crippen LogP contribution >= 0.6 is 0 Å². The second kappa shape index (κ2) is 9.41. The van der Waals surface area contributed by atoms with Crippen molar-refractivity contribution in [2.45, 2.75) is 19.3 Å². The fourth-order valence-electron chi connectivity index (χ4n) is 3.11. The molecule has 0 aliphatic carbocycles. The monoisotopic (exact) mass is 586 g/mol. The maximum Gasteiger partial charge on any atom is 0.422 e. The van der Waals surface area contributed by atoms with Crippen LogP contribution in [0.2, 0.25) is 0 Å². The number of rotatable bonds is 3. The van der Waals surface area contributed by atoms with Crippen LogP contribution in [0.1, 0.15) is 32.7 Å². The van der Waals surface area contributed by atoms with E-state index in [1.165, 1.54) is 0 Å². The molecule has 0 atom stereocenters. The van der Waals surface area contributed by atoms with Gasteiger partial charge in [-0.2, -0.15) is 36.1 Å². The van der Waals surface area contributed by atoms with Gasteiger partial charge in [-0.1, -0.05) is 0 Å². The fraction of sp³-hybridized carbons (Fsp3) is 0.158. The average molecular weight is 588 g/mol. The molecule has 3 rings (SSSR count). The molecule has 0 unspecified atom stereocenters. The Kier molecular flexibility index (Phi) is 7.62. The predicted octanol–water partition coefficient (Wildman–Crippen LogP) is 5.99. The molecule has 1 aromatic heterocycles. The van der Waals surface area contributed by atoms with Gasteiger partial charge in [0.05, 0.1) is 5.69 Å². The largest absolute Gasteiger partial charge is 0.493 e. The number of hydrogen-bond donors (Lipinski definition) is 1. The van der Waals surface area contributed by atoms with Crippen LogP contribution in [-0.2, 0) is 31.8 Å². The third kappa shape index (κ3) is 4.67. The van der Waals surface area contributed by atoms with E-state index >= 15 is 0 Å². The molecule has 0 aliphatic rings. The van der Waals surface area contributed by atoms with Gasteiger partial charge < -0.3 is 5.11 Å². The minimum Gasteiger partial charge on any atom is -0.493 e. The molecule has 1 N–H and O–H groups in total. The van der Waals surface area contributed by atoms with Gasteiger partial charge in [0.2, 0.25) is 11.7 Å². The number of carbonyl (C=O) groups excluding carboxylic acids is 1. The van der Waals surface area contributed by atoms with Crippen LogP contribution in [-0.4, -0.2) is 20.7 Å². The molecule has 0 aliphatic heterocycles. The number of ketones is 1. The summed E-state index contributed by atoms with van der Waals surface area (Å²) in [7, 11) is 0. The van der Waals surface area contributed by atoms with E-state index in [1.807, 2.05) is 0 Å². The summed E-state index contributed by atoms with van der Waals surface area (Å²) >= 11 is 0. The third-order valence-electron chi connectivity index (χ3n) is 4.59. The molecule has 0 amide bonds. The Balaban J connectivity index is 0.00000456. The Morgan fingerprint density at radius 1 is 0.806 bits per heavy atom. The number of aromatic nitrogens is 2. The summed E-state index contributed by atoms with van der Waals surface area (Å²) < 4.78 is 160. The fourth-order valence-corrected chi connectivity index (χ4v) is 3.11. The molecular weight excluding hydrogens is 582 g/mol. The van der Waals surface area contributed by atoms with E-state index in [0.717, 1.165) is 6.92 Å². The molecule has 0 saturated carbocycles. The molecule has 4 nitrogen and oxygen atoms in total. The van der Waals surface area contributed by atoms with Crippen molar-refractivity contribution in [1.29, 1.82) is 0 Å². The number of nitrogens with zero attached hydrogens (tertiary/aromatic N) is 2. The first-order valence-corrected chi connectivity index (χ1v) is 8.72. The van der Waals surface area contributed by atoms with Crippen molar-refractivity contribution in [3.05, 3.63) is 75.0 Å². The Morgan fingerprint density at radius 3 is 1.61 bits per heavy atom. The molecule has 1 heterocycles. The number of halogens is 12. The normalized spacial score (nSPS) is 12.0. The zero-order valence-electron chi connectivity index (χ0n) is 17.1. The second-order valence-electron chi connectivity index (χ2n) is 6.81. The quantitative estimate of drug-likeness (QED) is 0.177. The smallest absolute Gasteiger partial charge is 0.422 e. The molecule has 2 aromatic carbocycles. The Bertz CT molecular complexity index is 1330. The van der Waals surface area contributed by atoms with Crippen molar-refractivity contribution < 1.29 is 82.1 Å². The molecule has 0 bridgehead atoms. The Hall–Kier alpha value is -3.10. The van der Waals surface area contributed by atoms with Crippen molar-refractivity contribution in [2.24, 2.45) is 0 Å². The molecule has 3 aromatic rings. The predicted molar refractivity (Wildman–Crippen MR) is 89.6 cm³/mol. The van der Waals surface area contributed by atoms with Gasteiger partial charge in [0.25, 0.3) is 0 Å². The van der Waals surface area contributed by atoms with Crippen LogP contribution in [0.25, 0.3) is 5.69 Å². The summed E-state index contributed by atoms with van der Waals surface area (Å²) in [5.74, 6) is -19.0. The zero-order valence-corrected chi connectivity index (χ0v) is 20.1. The number of aromatic hydroxyl groups is 1. The van der Waals surface area contributed by atoms with E-state index in [2.05, 4.69) is 5.10 Å². The van der Waals surface area contributed by atoms with Gasteiger partial charge in [-0.25, -0.2) is 26.3 Å². The van der Waals surface area contributed by atoms with E-state index < -0.39 is 97.2 Å². The van der Waals surface area contributed by atoms with Crippen molar-refractivity contribution in [3.8, 4) is 11.6 Å². The van der Waals surface area contributed by atoms with Crippen molar-refractivity contribution in [3.63, 3.8) is 0 Å². The van der Waals surface area contributed by atoms with E-state index in [4.69, 9.17) is 0 Å². The number of hydrogen-bond acceptors (Lipinski definition) is 3. The summed E-state index contributed by atoms with van der Waals surface area (Å²) in [6.07, 6.45) is -11.4. The Labute approximate surface area is 203 Å². The SMILES string of the molecule is Cc1nn(-c2c(F)c(F)c(C(F)(F)F)c(F)c2F)c(O)c1C(=O)c1cc(F)c(C(F)(F)F)c(F)c1.[Zn].